The molecule has 17 heavy (non-hydrogen) atoms. The first-order valence-electron chi connectivity index (χ1n) is 5.29. The Morgan fingerprint density at radius 3 is 2.47 bits per heavy atom. The number of halogens is 2. The van der Waals surface area contributed by atoms with Gasteiger partial charge in [0.2, 0.25) is 0 Å². The predicted molar refractivity (Wildman–Crippen MR) is 76.4 cm³/mol. The van der Waals surface area contributed by atoms with Crippen molar-refractivity contribution in [3.63, 3.8) is 0 Å². The molecule has 1 N–H and O–H groups in total. The molecule has 1 aromatic carbocycles. The fourth-order valence-corrected chi connectivity index (χ4v) is 3.17. The van der Waals surface area contributed by atoms with E-state index >= 15 is 0 Å². The molecule has 2 rings (SSSR count). The molecule has 0 amide bonds. The van der Waals surface area contributed by atoms with Crippen molar-refractivity contribution < 1.29 is 0 Å². The third-order valence-electron chi connectivity index (χ3n) is 2.77. The summed E-state index contributed by atoms with van der Waals surface area (Å²) in [6.45, 7) is 2.12. The van der Waals surface area contributed by atoms with Gasteiger partial charge in [-0.2, -0.15) is 0 Å². The van der Waals surface area contributed by atoms with Gasteiger partial charge in [0.05, 0.1) is 6.04 Å². The lowest BCUT2D eigenvalue weighted by Gasteiger charge is -2.18. The van der Waals surface area contributed by atoms with E-state index in [9.17, 15) is 0 Å². The molecule has 1 unspecified atom stereocenters. The summed E-state index contributed by atoms with van der Waals surface area (Å²) in [5, 5.41) is 6.76. The summed E-state index contributed by atoms with van der Waals surface area (Å²) >= 11 is 13.9. The highest BCUT2D eigenvalue weighted by atomic mass is 35.5. The first-order chi connectivity index (χ1) is 8.13. The van der Waals surface area contributed by atoms with Gasteiger partial charge in [0.1, 0.15) is 0 Å². The van der Waals surface area contributed by atoms with E-state index < -0.39 is 0 Å². The first-order valence-corrected chi connectivity index (χ1v) is 6.93. The summed E-state index contributed by atoms with van der Waals surface area (Å²) in [5.74, 6) is 0. The van der Waals surface area contributed by atoms with Crippen molar-refractivity contribution in [2.24, 2.45) is 0 Å². The number of benzene rings is 1. The number of hydrogen-bond donors (Lipinski definition) is 1. The molecule has 1 atom stereocenters. The van der Waals surface area contributed by atoms with E-state index in [-0.39, 0.29) is 6.04 Å². The summed E-state index contributed by atoms with van der Waals surface area (Å²) in [5.41, 5.74) is 2.32. The fraction of sp³-hybridized carbons (Fsp3) is 0.231. The Kier molecular flexibility index (Phi) is 4.10. The second-order valence-corrected chi connectivity index (χ2v) is 5.78. The molecule has 0 aliphatic rings. The van der Waals surface area contributed by atoms with Crippen LogP contribution in [-0.2, 0) is 0 Å². The Labute approximate surface area is 115 Å². The Morgan fingerprint density at radius 2 is 1.94 bits per heavy atom. The molecular weight excluding hydrogens is 273 g/mol. The van der Waals surface area contributed by atoms with Gasteiger partial charge in [-0.25, -0.2) is 0 Å². The van der Waals surface area contributed by atoms with Crippen LogP contribution in [0.25, 0.3) is 0 Å². The van der Waals surface area contributed by atoms with Gasteiger partial charge in [0.25, 0.3) is 0 Å². The summed E-state index contributed by atoms with van der Waals surface area (Å²) in [7, 11) is 1.94. The molecule has 1 nitrogen and oxygen atoms in total. The minimum Gasteiger partial charge on any atom is -0.309 e. The van der Waals surface area contributed by atoms with E-state index in [1.54, 1.807) is 17.4 Å². The smallest absolute Gasteiger partial charge is 0.0599 e. The zero-order valence-corrected chi connectivity index (χ0v) is 12.0. The van der Waals surface area contributed by atoms with Crippen molar-refractivity contribution in [1.82, 2.24) is 5.32 Å². The second kappa shape index (κ2) is 5.40. The highest BCUT2D eigenvalue weighted by Gasteiger charge is 2.17. The number of rotatable bonds is 3. The van der Waals surface area contributed by atoms with Gasteiger partial charge in [-0.1, -0.05) is 29.3 Å². The van der Waals surface area contributed by atoms with Crippen LogP contribution in [0.5, 0.6) is 0 Å². The Balaban J connectivity index is 2.46. The van der Waals surface area contributed by atoms with E-state index in [1.807, 2.05) is 19.2 Å². The van der Waals surface area contributed by atoms with Gasteiger partial charge in [0, 0.05) is 14.9 Å². The lowest BCUT2D eigenvalue weighted by molar-refractivity contribution is 0.691. The fourth-order valence-electron chi connectivity index (χ4n) is 1.91. The van der Waals surface area contributed by atoms with Crippen LogP contribution in [-0.4, -0.2) is 7.05 Å². The van der Waals surface area contributed by atoms with E-state index in [2.05, 4.69) is 23.7 Å². The summed E-state index contributed by atoms with van der Waals surface area (Å²) < 4.78 is 0. The number of nitrogens with one attached hydrogen (secondary N) is 1. The van der Waals surface area contributed by atoms with Gasteiger partial charge in [-0.3, -0.25) is 0 Å². The molecule has 0 radical (unpaired) electrons. The van der Waals surface area contributed by atoms with Gasteiger partial charge in [-0.15, -0.1) is 11.3 Å². The standard InChI is InChI=1S/C13H13Cl2NS/c1-8-10(5-6-17-8)13(16-2)11-4-3-9(14)7-12(11)15/h3-7,13,16H,1-2H3. The van der Waals surface area contributed by atoms with Gasteiger partial charge >= 0.3 is 0 Å². The van der Waals surface area contributed by atoms with E-state index in [0.29, 0.717) is 10.0 Å². The Bertz CT molecular complexity index is 522. The average Bonchev–Trinajstić information content (AvgIpc) is 2.69. The van der Waals surface area contributed by atoms with Gasteiger partial charge in [0.15, 0.2) is 0 Å². The van der Waals surface area contributed by atoms with Crippen molar-refractivity contribution in [3.8, 4) is 0 Å². The van der Waals surface area contributed by atoms with Crippen LogP contribution >= 0.6 is 34.5 Å². The maximum Gasteiger partial charge on any atom is 0.0599 e. The summed E-state index contributed by atoms with van der Waals surface area (Å²) in [6, 6.07) is 7.87. The van der Waals surface area contributed by atoms with Crippen molar-refractivity contribution in [1.29, 1.82) is 0 Å². The molecule has 0 aliphatic heterocycles. The minimum absolute atomic E-state index is 0.117. The van der Waals surface area contributed by atoms with Crippen LogP contribution in [0.1, 0.15) is 22.0 Å². The molecule has 0 aliphatic carbocycles. The first kappa shape index (κ1) is 12.9. The topological polar surface area (TPSA) is 12.0 Å². The molecule has 4 heteroatoms. The molecule has 0 saturated heterocycles. The zero-order valence-electron chi connectivity index (χ0n) is 9.63. The number of thiophene rings is 1. The Morgan fingerprint density at radius 1 is 1.18 bits per heavy atom. The van der Waals surface area contributed by atoms with Crippen LogP contribution in [0.3, 0.4) is 0 Å². The highest BCUT2D eigenvalue weighted by Crippen LogP contribution is 2.33. The minimum atomic E-state index is 0.117. The van der Waals surface area contributed by atoms with Gasteiger partial charge < -0.3 is 5.32 Å². The third-order valence-corrected chi connectivity index (χ3v) is 4.20. The van der Waals surface area contributed by atoms with Crippen LogP contribution in [0, 0.1) is 6.92 Å². The largest absolute Gasteiger partial charge is 0.309 e. The molecule has 0 spiro atoms. The van der Waals surface area contributed by atoms with Gasteiger partial charge in [-0.05, 0) is 48.7 Å². The third kappa shape index (κ3) is 2.66. The molecule has 90 valence electrons. The maximum atomic E-state index is 6.25. The average molecular weight is 286 g/mol. The summed E-state index contributed by atoms with van der Waals surface area (Å²) in [4.78, 5) is 1.30. The SMILES string of the molecule is CNC(c1ccc(Cl)cc1Cl)c1ccsc1C. The lowest BCUT2D eigenvalue weighted by atomic mass is 9.99. The van der Waals surface area contributed by atoms with Crippen LogP contribution in [0.4, 0.5) is 0 Å². The number of aryl methyl sites for hydroxylation is 1. The second-order valence-electron chi connectivity index (χ2n) is 3.82. The maximum absolute atomic E-state index is 6.25. The quantitative estimate of drug-likeness (QED) is 0.864. The molecule has 1 heterocycles. The van der Waals surface area contributed by atoms with Crippen molar-refractivity contribution in [3.05, 3.63) is 55.7 Å². The van der Waals surface area contributed by atoms with E-state index in [0.717, 1.165) is 5.56 Å². The normalized spacial score (nSPS) is 12.7. The molecule has 0 saturated carbocycles. The van der Waals surface area contributed by atoms with Crippen LogP contribution < -0.4 is 5.32 Å². The zero-order chi connectivity index (χ0) is 12.4. The predicted octanol–water partition coefficient (Wildman–Crippen LogP) is 4.67. The van der Waals surface area contributed by atoms with Crippen molar-refractivity contribution >= 4 is 34.5 Å². The highest BCUT2D eigenvalue weighted by molar-refractivity contribution is 7.10. The monoisotopic (exact) mass is 285 g/mol. The van der Waals surface area contributed by atoms with Crippen molar-refractivity contribution in [2.45, 2.75) is 13.0 Å². The molecule has 2 aromatic rings. The molecule has 0 bridgehead atoms. The number of hydrogen-bond acceptors (Lipinski definition) is 2. The van der Waals surface area contributed by atoms with Crippen LogP contribution in [0.2, 0.25) is 10.0 Å². The van der Waals surface area contributed by atoms with Crippen LogP contribution in [0.15, 0.2) is 29.6 Å². The Hall–Kier alpha value is -0.540. The van der Waals surface area contributed by atoms with Crippen molar-refractivity contribution in [2.75, 3.05) is 7.05 Å². The molecule has 1 aromatic heterocycles. The molecular formula is C13H13Cl2NS. The van der Waals surface area contributed by atoms with E-state index in [4.69, 9.17) is 23.2 Å². The lowest BCUT2D eigenvalue weighted by Crippen LogP contribution is -2.18. The van der Waals surface area contributed by atoms with E-state index in [1.165, 1.54) is 10.4 Å². The summed E-state index contributed by atoms with van der Waals surface area (Å²) in [6.07, 6.45) is 0. The molecule has 0 fully saturated rings.